The first-order valence-electron chi connectivity index (χ1n) is 5.45. The van der Waals surface area contributed by atoms with E-state index in [4.69, 9.17) is 5.11 Å². The molecule has 94 valence electrons. The van der Waals surface area contributed by atoms with Crippen LogP contribution in [-0.4, -0.2) is 19.5 Å². The van der Waals surface area contributed by atoms with Crippen LogP contribution in [0.15, 0.2) is 39.9 Å². The Hall–Kier alpha value is -2.21. The average Bonchev–Trinajstić information content (AvgIpc) is 2.40. The first-order chi connectivity index (χ1) is 8.63. The quantitative estimate of drug-likeness (QED) is 0.792. The van der Waals surface area contributed by atoms with Crippen molar-refractivity contribution in [2.24, 2.45) is 7.05 Å². The molecule has 0 aliphatic heterocycles. The Balaban J connectivity index is 2.54. The fourth-order valence-electron chi connectivity index (χ4n) is 1.69. The summed E-state index contributed by atoms with van der Waals surface area (Å²) in [6.45, 7) is -0.316. The van der Waals surface area contributed by atoms with Crippen LogP contribution in [0.5, 0.6) is 0 Å². The van der Waals surface area contributed by atoms with E-state index in [9.17, 15) is 9.59 Å². The summed E-state index contributed by atoms with van der Waals surface area (Å²) in [7, 11) is 1.45. The third-order valence-electron chi connectivity index (χ3n) is 2.60. The molecule has 2 rings (SSSR count). The third kappa shape index (κ3) is 2.23. The van der Waals surface area contributed by atoms with Crippen molar-refractivity contribution < 1.29 is 5.11 Å². The van der Waals surface area contributed by atoms with Gasteiger partial charge in [-0.15, -0.1) is 0 Å². The molecule has 0 aliphatic rings. The molecule has 0 unspecified atom stereocenters. The normalized spacial score (nSPS) is 10.6. The van der Waals surface area contributed by atoms with Crippen LogP contribution in [-0.2, 0) is 20.2 Å². The Kier molecular flexibility index (Phi) is 3.38. The molecule has 0 bridgehead atoms. The first-order valence-corrected chi connectivity index (χ1v) is 5.45. The van der Waals surface area contributed by atoms with Crippen molar-refractivity contribution in [3.63, 3.8) is 0 Å². The summed E-state index contributed by atoms with van der Waals surface area (Å²) in [4.78, 5) is 23.7. The number of aryl methyl sites for hydroxylation is 1. The molecule has 2 aromatic rings. The van der Waals surface area contributed by atoms with Gasteiger partial charge >= 0.3 is 5.69 Å². The zero-order chi connectivity index (χ0) is 13.1. The van der Waals surface area contributed by atoms with Crippen LogP contribution in [0, 0.1) is 0 Å². The van der Waals surface area contributed by atoms with Crippen molar-refractivity contribution in [1.29, 1.82) is 0 Å². The number of nitrogens with zero attached hydrogens (tertiary/aromatic N) is 3. The predicted molar refractivity (Wildman–Crippen MR) is 65.2 cm³/mol. The fourth-order valence-corrected chi connectivity index (χ4v) is 1.69. The second-order valence-corrected chi connectivity index (χ2v) is 3.89. The van der Waals surface area contributed by atoms with Crippen LogP contribution in [0.25, 0.3) is 0 Å². The Morgan fingerprint density at radius 3 is 2.50 bits per heavy atom. The minimum absolute atomic E-state index is 0.0342. The van der Waals surface area contributed by atoms with Gasteiger partial charge in [-0.3, -0.25) is 9.36 Å². The number of hydrogen-bond acceptors (Lipinski definition) is 4. The molecule has 1 heterocycles. The van der Waals surface area contributed by atoms with Crippen LogP contribution in [0.4, 0.5) is 0 Å². The number of aliphatic hydroxyl groups is 1. The van der Waals surface area contributed by atoms with Crippen molar-refractivity contribution in [3.8, 4) is 0 Å². The molecule has 0 fully saturated rings. The molecule has 6 heteroatoms. The minimum Gasteiger partial charge on any atom is -0.390 e. The lowest BCUT2D eigenvalue weighted by atomic mass is 10.2. The van der Waals surface area contributed by atoms with Gasteiger partial charge in [0, 0.05) is 7.05 Å². The van der Waals surface area contributed by atoms with Crippen LogP contribution in [0.2, 0.25) is 0 Å². The van der Waals surface area contributed by atoms with Gasteiger partial charge in [-0.2, -0.15) is 5.10 Å². The van der Waals surface area contributed by atoms with Gasteiger partial charge < -0.3 is 5.11 Å². The van der Waals surface area contributed by atoms with Crippen LogP contribution in [0.3, 0.4) is 0 Å². The lowest BCUT2D eigenvalue weighted by Crippen LogP contribution is -2.42. The van der Waals surface area contributed by atoms with Gasteiger partial charge in [0.1, 0.15) is 0 Å². The second kappa shape index (κ2) is 4.97. The van der Waals surface area contributed by atoms with Crippen LogP contribution in [0.1, 0.15) is 11.3 Å². The van der Waals surface area contributed by atoms with Crippen molar-refractivity contribution in [1.82, 2.24) is 14.3 Å². The molecular formula is C12H13N3O3. The smallest absolute Gasteiger partial charge is 0.347 e. The monoisotopic (exact) mass is 247 g/mol. The molecule has 6 nitrogen and oxygen atoms in total. The highest BCUT2D eigenvalue weighted by Crippen LogP contribution is 1.98. The highest BCUT2D eigenvalue weighted by atomic mass is 16.3. The standard InChI is InChI=1S/C12H13N3O3/c1-14-12(18)15(11(17)10(8-16)13-14)7-9-5-3-2-4-6-9/h2-6,16H,7-8H2,1H3. The number of rotatable bonds is 3. The van der Waals surface area contributed by atoms with E-state index in [2.05, 4.69) is 5.10 Å². The number of aromatic nitrogens is 3. The van der Waals surface area contributed by atoms with Gasteiger partial charge in [0.2, 0.25) is 0 Å². The van der Waals surface area contributed by atoms with E-state index in [0.717, 1.165) is 14.8 Å². The van der Waals surface area contributed by atoms with Crippen molar-refractivity contribution in [3.05, 3.63) is 62.4 Å². The largest absolute Gasteiger partial charge is 0.390 e. The molecule has 1 N–H and O–H groups in total. The van der Waals surface area contributed by atoms with E-state index in [1.165, 1.54) is 7.05 Å². The molecule has 1 aromatic heterocycles. The number of aliphatic hydroxyl groups excluding tert-OH is 1. The molecule has 0 atom stereocenters. The van der Waals surface area contributed by atoms with Crippen LogP contribution < -0.4 is 11.2 Å². The third-order valence-corrected chi connectivity index (χ3v) is 2.60. The summed E-state index contributed by atoms with van der Waals surface area (Å²) < 4.78 is 2.11. The molecule has 0 radical (unpaired) electrons. The van der Waals surface area contributed by atoms with E-state index in [1.807, 2.05) is 30.3 Å². The van der Waals surface area contributed by atoms with Gasteiger partial charge in [0.25, 0.3) is 5.56 Å². The summed E-state index contributed by atoms with van der Waals surface area (Å²) in [6, 6.07) is 9.17. The maximum atomic E-state index is 11.9. The SMILES string of the molecule is Cn1nc(CO)c(=O)n(Cc2ccccc2)c1=O. The predicted octanol–water partition coefficient (Wildman–Crippen LogP) is -0.517. The number of benzene rings is 1. The lowest BCUT2D eigenvalue weighted by Gasteiger charge is -2.08. The lowest BCUT2D eigenvalue weighted by molar-refractivity contribution is 0.268. The van der Waals surface area contributed by atoms with E-state index in [0.29, 0.717) is 0 Å². The zero-order valence-electron chi connectivity index (χ0n) is 9.91. The van der Waals surface area contributed by atoms with Gasteiger partial charge in [0.15, 0.2) is 5.69 Å². The molecule has 0 saturated carbocycles. The summed E-state index contributed by atoms with van der Waals surface area (Å²) >= 11 is 0. The van der Waals surface area contributed by atoms with Crippen molar-refractivity contribution in [2.45, 2.75) is 13.2 Å². The van der Waals surface area contributed by atoms with E-state index in [-0.39, 0.29) is 12.2 Å². The Morgan fingerprint density at radius 2 is 1.89 bits per heavy atom. The molecule has 18 heavy (non-hydrogen) atoms. The summed E-state index contributed by atoms with van der Waals surface area (Å²) in [6.07, 6.45) is 0. The highest BCUT2D eigenvalue weighted by molar-refractivity contribution is 5.15. The van der Waals surface area contributed by atoms with Gasteiger partial charge in [-0.25, -0.2) is 9.48 Å². The van der Waals surface area contributed by atoms with Gasteiger partial charge in [0.05, 0.1) is 13.2 Å². The second-order valence-electron chi connectivity index (χ2n) is 3.89. The summed E-state index contributed by atoms with van der Waals surface area (Å²) in [5.74, 6) is 0. The fraction of sp³-hybridized carbons (Fsp3) is 0.250. The van der Waals surface area contributed by atoms with E-state index in [1.54, 1.807) is 0 Å². The molecule has 0 saturated heterocycles. The first kappa shape index (κ1) is 12.3. The molecule has 0 aliphatic carbocycles. The molecular weight excluding hydrogens is 234 g/mol. The maximum absolute atomic E-state index is 11.9. The molecule has 1 aromatic carbocycles. The van der Waals surface area contributed by atoms with Crippen molar-refractivity contribution >= 4 is 0 Å². The summed E-state index contributed by atoms with van der Waals surface area (Å²) in [5.41, 5.74) is -0.245. The summed E-state index contributed by atoms with van der Waals surface area (Å²) in [5, 5.41) is 12.7. The van der Waals surface area contributed by atoms with Gasteiger partial charge in [-0.05, 0) is 5.56 Å². The van der Waals surface area contributed by atoms with E-state index >= 15 is 0 Å². The Bertz CT molecular complexity index is 659. The topological polar surface area (TPSA) is 77.1 Å². The van der Waals surface area contributed by atoms with Gasteiger partial charge in [-0.1, -0.05) is 30.3 Å². The minimum atomic E-state index is -0.551. The van der Waals surface area contributed by atoms with E-state index < -0.39 is 17.9 Å². The Morgan fingerprint density at radius 1 is 1.22 bits per heavy atom. The average molecular weight is 247 g/mol. The molecule has 0 spiro atoms. The maximum Gasteiger partial charge on any atom is 0.347 e. The zero-order valence-corrected chi connectivity index (χ0v) is 9.91. The van der Waals surface area contributed by atoms with Crippen molar-refractivity contribution in [2.75, 3.05) is 0 Å². The number of hydrogen-bond donors (Lipinski definition) is 1. The molecule has 0 amide bonds. The van der Waals surface area contributed by atoms with Crippen LogP contribution >= 0.6 is 0 Å². The Labute approximate surface area is 103 Å². The highest BCUT2D eigenvalue weighted by Gasteiger charge is 2.10.